The van der Waals surface area contributed by atoms with Crippen LogP contribution in [0.5, 0.6) is 11.5 Å². The third-order valence-corrected chi connectivity index (χ3v) is 3.85. The number of ether oxygens (including phenoxy) is 1. The first-order valence-electron chi connectivity index (χ1n) is 6.13. The van der Waals surface area contributed by atoms with Crippen molar-refractivity contribution in [2.45, 2.75) is 11.4 Å². The second-order valence-corrected chi connectivity index (χ2v) is 5.99. The number of benzene rings is 2. The Bertz CT molecular complexity index is 727. The van der Waals surface area contributed by atoms with Crippen molar-refractivity contribution in [3.05, 3.63) is 48.0 Å². The molecule has 6 nitrogen and oxygen atoms in total. The molecule has 0 radical (unpaired) electrons. The van der Waals surface area contributed by atoms with E-state index in [0.717, 1.165) is 11.3 Å². The molecule has 2 rings (SSSR count). The van der Waals surface area contributed by atoms with Crippen LogP contribution in [0.25, 0.3) is 0 Å². The van der Waals surface area contributed by atoms with Crippen molar-refractivity contribution in [3.8, 4) is 11.5 Å². The van der Waals surface area contributed by atoms with E-state index in [0.29, 0.717) is 12.3 Å². The van der Waals surface area contributed by atoms with E-state index in [2.05, 4.69) is 5.32 Å². The van der Waals surface area contributed by atoms with Gasteiger partial charge in [0.25, 0.3) is 0 Å². The van der Waals surface area contributed by atoms with E-state index >= 15 is 0 Å². The van der Waals surface area contributed by atoms with Gasteiger partial charge in [0.05, 0.1) is 12.0 Å². The molecule has 0 aliphatic heterocycles. The Kier molecular flexibility index (Phi) is 4.35. The number of sulfonamides is 1. The van der Waals surface area contributed by atoms with Crippen LogP contribution in [-0.2, 0) is 16.6 Å². The highest BCUT2D eigenvalue weighted by molar-refractivity contribution is 7.89. The zero-order valence-corrected chi connectivity index (χ0v) is 12.2. The van der Waals surface area contributed by atoms with Gasteiger partial charge in [-0.3, -0.25) is 0 Å². The largest absolute Gasteiger partial charge is 0.504 e. The van der Waals surface area contributed by atoms with Crippen LogP contribution < -0.4 is 15.2 Å². The molecule has 0 saturated heterocycles. The van der Waals surface area contributed by atoms with E-state index in [1.807, 2.05) is 0 Å². The lowest BCUT2D eigenvalue weighted by Crippen LogP contribution is -2.12. The SMILES string of the molecule is COc1cc(CNc2ccc(S(N)(=O)=O)cc2)ccc1O. The van der Waals surface area contributed by atoms with E-state index in [1.165, 1.54) is 19.2 Å². The molecule has 0 spiro atoms. The number of methoxy groups -OCH3 is 1. The summed E-state index contributed by atoms with van der Waals surface area (Å²) in [4.78, 5) is 0.0688. The first-order valence-corrected chi connectivity index (χ1v) is 7.67. The van der Waals surface area contributed by atoms with Crippen LogP contribution in [-0.4, -0.2) is 20.6 Å². The topological polar surface area (TPSA) is 102 Å². The molecular formula is C14H16N2O4S. The fourth-order valence-electron chi connectivity index (χ4n) is 1.80. The maximum atomic E-state index is 11.1. The minimum atomic E-state index is -3.67. The smallest absolute Gasteiger partial charge is 0.238 e. The normalized spacial score (nSPS) is 11.1. The summed E-state index contributed by atoms with van der Waals surface area (Å²) >= 11 is 0. The van der Waals surface area contributed by atoms with Crippen molar-refractivity contribution in [1.29, 1.82) is 0 Å². The second kappa shape index (κ2) is 6.02. The number of anilines is 1. The Morgan fingerprint density at radius 3 is 2.43 bits per heavy atom. The van der Waals surface area contributed by atoms with E-state index in [4.69, 9.17) is 9.88 Å². The molecule has 0 amide bonds. The number of phenols is 1. The Balaban J connectivity index is 2.06. The summed E-state index contributed by atoms with van der Waals surface area (Å²) in [5, 5.41) is 17.7. The van der Waals surface area contributed by atoms with Crippen molar-refractivity contribution in [1.82, 2.24) is 0 Å². The average Bonchev–Trinajstić information content (AvgIpc) is 2.46. The molecule has 0 aliphatic rings. The quantitative estimate of drug-likeness (QED) is 0.779. The Labute approximate surface area is 123 Å². The van der Waals surface area contributed by atoms with Gasteiger partial charge in [0, 0.05) is 12.2 Å². The zero-order valence-electron chi connectivity index (χ0n) is 11.4. The summed E-state index contributed by atoms with van der Waals surface area (Å²) in [6, 6.07) is 11.2. The first-order chi connectivity index (χ1) is 9.90. The summed E-state index contributed by atoms with van der Waals surface area (Å²) in [6.07, 6.45) is 0. The lowest BCUT2D eigenvalue weighted by molar-refractivity contribution is 0.373. The zero-order chi connectivity index (χ0) is 15.5. The highest BCUT2D eigenvalue weighted by atomic mass is 32.2. The molecule has 0 aromatic heterocycles. The van der Waals surface area contributed by atoms with E-state index in [1.54, 1.807) is 30.3 Å². The number of nitrogens with one attached hydrogen (secondary N) is 1. The van der Waals surface area contributed by atoms with Gasteiger partial charge >= 0.3 is 0 Å². The fourth-order valence-corrected chi connectivity index (χ4v) is 2.31. The van der Waals surface area contributed by atoms with Crippen molar-refractivity contribution in [3.63, 3.8) is 0 Å². The van der Waals surface area contributed by atoms with Gasteiger partial charge in [-0.05, 0) is 42.0 Å². The minimum Gasteiger partial charge on any atom is -0.504 e. The van der Waals surface area contributed by atoms with Crippen molar-refractivity contribution < 1.29 is 18.3 Å². The molecule has 0 unspecified atom stereocenters. The van der Waals surface area contributed by atoms with Gasteiger partial charge in [-0.15, -0.1) is 0 Å². The average molecular weight is 308 g/mol. The van der Waals surface area contributed by atoms with E-state index in [-0.39, 0.29) is 10.6 Å². The van der Waals surface area contributed by atoms with Crippen LogP contribution in [0.2, 0.25) is 0 Å². The molecule has 0 atom stereocenters. The highest BCUT2D eigenvalue weighted by Gasteiger charge is 2.07. The summed E-state index contributed by atoms with van der Waals surface area (Å²) < 4.78 is 27.3. The molecule has 2 aromatic carbocycles. The van der Waals surface area contributed by atoms with E-state index < -0.39 is 10.0 Å². The summed E-state index contributed by atoms with van der Waals surface area (Å²) in [6.45, 7) is 0.505. The molecule has 2 aromatic rings. The van der Waals surface area contributed by atoms with Crippen molar-refractivity contribution in [2.24, 2.45) is 5.14 Å². The number of hydrogen-bond acceptors (Lipinski definition) is 5. The van der Waals surface area contributed by atoms with E-state index in [9.17, 15) is 13.5 Å². The van der Waals surface area contributed by atoms with Gasteiger partial charge in [0.1, 0.15) is 0 Å². The number of hydrogen-bond donors (Lipinski definition) is 3. The van der Waals surface area contributed by atoms with Crippen LogP contribution in [0.4, 0.5) is 5.69 Å². The first kappa shape index (κ1) is 15.1. The predicted molar refractivity (Wildman–Crippen MR) is 79.8 cm³/mol. The number of aromatic hydroxyl groups is 1. The standard InChI is InChI=1S/C14H16N2O4S/c1-20-14-8-10(2-7-13(14)17)9-16-11-3-5-12(6-4-11)21(15,18)19/h2-8,16-17H,9H2,1H3,(H2,15,18,19). The maximum absolute atomic E-state index is 11.1. The molecular weight excluding hydrogens is 292 g/mol. The lowest BCUT2D eigenvalue weighted by atomic mass is 10.2. The molecule has 0 fully saturated rings. The Morgan fingerprint density at radius 2 is 1.86 bits per heavy atom. The summed E-state index contributed by atoms with van der Waals surface area (Å²) in [5.41, 5.74) is 1.68. The third kappa shape index (κ3) is 3.87. The predicted octanol–water partition coefficient (Wildman–Crippen LogP) is 1.66. The molecule has 0 aliphatic carbocycles. The molecule has 0 heterocycles. The van der Waals surface area contributed by atoms with Gasteiger partial charge in [-0.1, -0.05) is 6.07 Å². The second-order valence-electron chi connectivity index (χ2n) is 4.43. The molecule has 112 valence electrons. The molecule has 7 heteroatoms. The maximum Gasteiger partial charge on any atom is 0.238 e. The van der Waals surface area contributed by atoms with Gasteiger partial charge in [0.15, 0.2) is 11.5 Å². The highest BCUT2D eigenvalue weighted by Crippen LogP contribution is 2.26. The van der Waals surface area contributed by atoms with Gasteiger partial charge < -0.3 is 15.2 Å². The summed E-state index contributed by atoms with van der Waals surface area (Å²) in [7, 11) is -2.19. The van der Waals surface area contributed by atoms with Crippen molar-refractivity contribution in [2.75, 3.05) is 12.4 Å². The van der Waals surface area contributed by atoms with Crippen LogP contribution in [0.15, 0.2) is 47.4 Å². The Hall–Kier alpha value is -2.25. The van der Waals surface area contributed by atoms with Gasteiger partial charge in [-0.25, -0.2) is 13.6 Å². The van der Waals surface area contributed by atoms with Crippen LogP contribution in [0.3, 0.4) is 0 Å². The number of rotatable bonds is 5. The molecule has 4 N–H and O–H groups in total. The van der Waals surface area contributed by atoms with Crippen LogP contribution in [0, 0.1) is 0 Å². The molecule has 0 saturated carbocycles. The van der Waals surface area contributed by atoms with Gasteiger partial charge in [0.2, 0.25) is 10.0 Å². The number of phenolic OH excluding ortho intramolecular Hbond substituents is 1. The van der Waals surface area contributed by atoms with Crippen molar-refractivity contribution >= 4 is 15.7 Å². The molecule has 21 heavy (non-hydrogen) atoms. The van der Waals surface area contributed by atoms with Gasteiger partial charge in [-0.2, -0.15) is 0 Å². The minimum absolute atomic E-state index is 0.0688. The summed E-state index contributed by atoms with van der Waals surface area (Å²) in [5.74, 6) is 0.484. The number of nitrogens with two attached hydrogens (primary N) is 1. The van der Waals surface area contributed by atoms with Crippen LogP contribution >= 0.6 is 0 Å². The fraction of sp³-hybridized carbons (Fsp3) is 0.143. The monoisotopic (exact) mass is 308 g/mol. The van der Waals surface area contributed by atoms with Crippen LogP contribution in [0.1, 0.15) is 5.56 Å². The Morgan fingerprint density at radius 1 is 1.19 bits per heavy atom. The third-order valence-electron chi connectivity index (χ3n) is 2.92. The number of primary sulfonamides is 1. The lowest BCUT2D eigenvalue weighted by Gasteiger charge is -2.09. The molecule has 0 bridgehead atoms.